The van der Waals surface area contributed by atoms with Crippen molar-refractivity contribution in [3.05, 3.63) is 63.4 Å². The summed E-state index contributed by atoms with van der Waals surface area (Å²) >= 11 is 2.08. The van der Waals surface area contributed by atoms with Crippen molar-refractivity contribution in [1.29, 1.82) is 0 Å². The van der Waals surface area contributed by atoms with Crippen LogP contribution in [0.2, 0.25) is 0 Å². The molecule has 160 valence electrons. The molecular weight excluding hydrogens is 458 g/mol. The fourth-order valence-corrected chi connectivity index (χ4v) is 4.27. The summed E-state index contributed by atoms with van der Waals surface area (Å²) in [5.74, 6) is -1.07. The van der Waals surface area contributed by atoms with Gasteiger partial charge in [0.1, 0.15) is 10.5 Å². The zero-order valence-corrected chi connectivity index (χ0v) is 17.2. The highest BCUT2D eigenvalue weighted by Gasteiger charge is 2.31. The van der Waals surface area contributed by atoms with Gasteiger partial charge in [-0.15, -0.1) is 11.3 Å². The molecule has 0 aliphatic rings. The fourth-order valence-electron chi connectivity index (χ4n) is 2.63. The number of aromatic nitrogens is 5. The second kappa shape index (κ2) is 8.23. The summed E-state index contributed by atoms with van der Waals surface area (Å²) in [4.78, 5) is 29.3. The molecule has 4 rings (SSSR count). The van der Waals surface area contributed by atoms with Gasteiger partial charge in [-0.3, -0.25) is 9.36 Å². The summed E-state index contributed by atoms with van der Waals surface area (Å²) in [5.41, 5.74) is 0.519. The van der Waals surface area contributed by atoms with E-state index in [1.54, 1.807) is 0 Å². The largest absolute Gasteiger partial charge is 0.467 e. The molecule has 7 nitrogen and oxygen atoms in total. The van der Waals surface area contributed by atoms with Crippen molar-refractivity contribution in [3.63, 3.8) is 0 Å². The lowest BCUT2D eigenvalue weighted by molar-refractivity contribution is -0.137. The summed E-state index contributed by atoms with van der Waals surface area (Å²) < 4.78 is 59.0. The number of methoxy groups -OCH3 is 1. The van der Waals surface area contributed by atoms with Crippen LogP contribution < -0.4 is 10.3 Å². The van der Waals surface area contributed by atoms with Gasteiger partial charge in [0.15, 0.2) is 10.8 Å². The minimum atomic E-state index is -4.64. The summed E-state index contributed by atoms with van der Waals surface area (Å²) in [6, 6.07) is 2.41. The van der Waals surface area contributed by atoms with E-state index in [-0.39, 0.29) is 28.1 Å². The average Bonchev–Trinajstić information content (AvgIpc) is 3.21. The van der Waals surface area contributed by atoms with Crippen LogP contribution in [0.15, 0.2) is 46.1 Å². The molecule has 0 N–H and O–H groups in total. The smallest absolute Gasteiger partial charge is 0.416 e. The minimum Gasteiger partial charge on any atom is -0.467 e. The summed E-state index contributed by atoms with van der Waals surface area (Å²) in [6.07, 6.45) is -1.91. The first-order valence-electron chi connectivity index (χ1n) is 8.49. The molecule has 0 saturated carbocycles. The molecule has 4 aromatic rings. The highest BCUT2D eigenvalue weighted by Crippen LogP contribution is 2.32. The van der Waals surface area contributed by atoms with Crippen LogP contribution in [0, 0.1) is 5.82 Å². The van der Waals surface area contributed by atoms with Crippen LogP contribution in [0.3, 0.4) is 0 Å². The van der Waals surface area contributed by atoms with E-state index in [2.05, 4.69) is 19.9 Å². The van der Waals surface area contributed by atoms with Crippen molar-refractivity contribution in [3.8, 4) is 11.7 Å². The van der Waals surface area contributed by atoms with Crippen molar-refractivity contribution in [2.45, 2.75) is 17.1 Å². The zero-order chi connectivity index (χ0) is 22.2. The van der Waals surface area contributed by atoms with Gasteiger partial charge in [0.05, 0.1) is 36.3 Å². The predicted molar refractivity (Wildman–Crippen MR) is 106 cm³/mol. The van der Waals surface area contributed by atoms with Crippen molar-refractivity contribution in [1.82, 2.24) is 24.5 Å². The van der Waals surface area contributed by atoms with E-state index in [0.717, 1.165) is 35.2 Å². The van der Waals surface area contributed by atoms with Crippen LogP contribution >= 0.6 is 23.1 Å². The molecule has 0 atom stereocenters. The highest BCUT2D eigenvalue weighted by molar-refractivity contribution is 7.98. The molecule has 1 aromatic carbocycles. The fraction of sp³-hybridized carbons (Fsp3) is 0.167. The van der Waals surface area contributed by atoms with Gasteiger partial charge in [0, 0.05) is 5.75 Å². The molecule has 0 radical (unpaired) electrons. The van der Waals surface area contributed by atoms with Gasteiger partial charge in [-0.25, -0.2) is 24.3 Å². The van der Waals surface area contributed by atoms with E-state index in [9.17, 15) is 22.4 Å². The molecule has 0 unspecified atom stereocenters. The van der Waals surface area contributed by atoms with Gasteiger partial charge < -0.3 is 4.74 Å². The Balaban J connectivity index is 1.72. The van der Waals surface area contributed by atoms with Crippen LogP contribution in [0.5, 0.6) is 6.01 Å². The first-order chi connectivity index (χ1) is 14.8. The van der Waals surface area contributed by atoms with Crippen molar-refractivity contribution < 1.29 is 22.3 Å². The number of halogens is 4. The molecule has 3 aromatic heterocycles. The number of benzene rings is 1. The van der Waals surface area contributed by atoms with Crippen molar-refractivity contribution >= 4 is 33.4 Å². The van der Waals surface area contributed by atoms with Gasteiger partial charge in [-0.05, 0) is 17.7 Å². The van der Waals surface area contributed by atoms with E-state index >= 15 is 0 Å². The molecule has 0 amide bonds. The zero-order valence-electron chi connectivity index (χ0n) is 15.6. The first kappa shape index (κ1) is 21.2. The molecule has 0 bridgehead atoms. The third-order valence-electron chi connectivity index (χ3n) is 4.13. The van der Waals surface area contributed by atoms with Crippen LogP contribution in [0.25, 0.3) is 16.0 Å². The molecule has 0 spiro atoms. The lowest BCUT2D eigenvalue weighted by Gasteiger charge is -2.12. The summed E-state index contributed by atoms with van der Waals surface area (Å²) in [6.45, 7) is 0. The first-order valence-corrected chi connectivity index (χ1v) is 10.4. The second-order valence-corrected chi connectivity index (χ2v) is 7.86. The summed E-state index contributed by atoms with van der Waals surface area (Å²) in [7, 11) is 1.39. The van der Waals surface area contributed by atoms with Crippen molar-refractivity contribution in [2.75, 3.05) is 7.11 Å². The number of fused-ring (bicyclic) bond motifs is 1. The number of alkyl halides is 3. The van der Waals surface area contributed by atoms with E-state index in [1.807, 2.05) is 0 Å². The number of thioether (sulfide) groups is 1. The number of thiazole rings is 1. The third-order valence-corrected chi connectivity index (χ3v) is 5.92. The highest BCUT2D eigenvalue weighted by atomic mass is 32.2. The van der Waals surface area contributed by atoms with Gasteiger partial charge >= 0.3 is 12.2 Å². The predicted octanol–water partition coefficient (Wildman–Crippen LogP) is 4.09. The van der Waals surface area contributed by atoms with E-state index < -0.39 is 23.1 Å². The monoisotopic (exact) mass is 469 g/mol. The number of nitrogens with zero attached hydrogens (tertiary/aromatic N) is 5. The van der Waals surface area contributed by atoms with Gasteiger partial charge in [0.25, 0.3) is 5.56 Å². The molecule has 0 aliphatic carbocycles. The summed E-state index contributed by atoms with van der Waals surface area (Å²) in [5, 5.41) is 0.163. The quantitative estimate of drug-likeness (QED) is 0.247. The second-order valence-electron chi connectivity index (χ2n) is 6.06. The van der Waals surface area contributed by atoms with Crippen LogP contribution in [0.4, 0.5) is 17.6 Å². The molecule has 3 heterocycles. The molecule has 0 fully saturated rings. The Bertz CT molecular complexity index is 1310. The number of hydrogen-bond acceptors (Lipinski definition) is 8. The Kier molecular flexibility index (Phi) is 5.62. The Morgan fingerprint density at radius 3 is 2.58 bits per heavy atom. The Morgan fingerprint density at radius 1 is 1.19 bits per heavy atom. The Morgan fingerprint density at radius 2 is 1.94 bits per heavy atom. The van der Waals surface area contributed by atoms with Crippen molar-refractivity contribution in [2.24, 2.45) is 0 Å². The van der Waals surface area contributed by atoms with Crippen LogP contribution in [0.1, 0.15) is 11.1 Å². The molecule has 0 saturated heterocycles. The van der Waals surface area contributed by atoms with Gasteiger partial charge in [0.2, 0.25) is 0 Å². The SMILES string of the molecule is COc1ncc(-n2c(SCc3ccc(C(F)(F)F)cc3F)nc3ncsc3c2=O)cn1. The van der Waals surface area contributed by atoms with E-state index in [1.165, 1.54) is 29.6 Å². The average molecular weight is 469 g/mol. The topological polar surface area (TPSA) is 82.8 Å². The van der Waals surface area contributed by atoms with Crippen LogP contribution in [-0.4, -0.2) is 31.6 Å². The maximum absolute atomic E-state index is 14.2. The molecule has 31 heavy (non-hydrogen) atoms. The molecule has 0 aliphatic heterocycles. The van der Waals surface area contributed by atoms with E-state index in [0.29, 0.717) is 16.5 Å². The van der Waals surface area contributed by atoms with Crippen LogP contribution in [-0.2, 0) is 11.9 Å². The Labute approximate surface area is 179 Å². The number of ether oxygens (including phenoxy) is 1. The Hall–Kier alpha value is -3.06. The molecular formula is C18H11F4N5O2S2. The standard InChI is InChI=1S/C18H11F4N5O2S2/c1-29-16-23-5-11(6-24-16)27-15(28)13-14(25-8-31-13)26-17(27)30-7-9-2-3-10(4-12(9)19)18(20,21)22/h2-6,8H,7H2,1H3. The lowest BCUT2D eigenvalue weighted by Crippen LogP contribution is -2.21. The number of hydrogen-bond donors (Lipinski definition) is 0. The van der Waals surface area contributed by atoms with Gasteiger partial charge in [-0.2, -0.15) is 13.2 Å². The normalized spacial score (nSPS) is 11.8. The van der Waals surface area contributed by atoms with Gasteiger partial charge in [-0.1, -0.05) is 17.8 Å². The van der Waals surface area contributed by atoms with E-state index in [4.69, 9.17) is 4.74 Å². The maximum Gasteiger partial charge on any atom is 0.416 e. The maximum atomic E-state index is 14.2. The number of rotatable bonds is 5. The third kappa shape index (κ3) is 4.23. The molecule has 13 heteroatoms. The minimum absolute atomic E-state index is 0.0307. The lowest BCUT2D eigenvalue weighted by atomic mass is 10.1.